The number of para-hydroxylation sites is 1. The Labute approximate surface area is 194 Å². The molecule has 2 heterocycles. The molecule has 5 nitrogen and oxygen atoms in total. The fourth-order valence-corrected chi connectivity index (χ4v) is 4.35. The number of nitrogens with zero attached hydrogens (tertiary/aromatic N) is 3. The molecule has 0 aliphatic carbocycles. The van der Waals surface area contributed by atoms with Gasteiger partial charge in [-0.2, -0.15) is 5.10 Å². The van der Waals surface area contributed by atoms with Gasteiger partial charge in [-0.05, 0) is 80.8 Å². The zero-order valence-corrected chi connectivity index (χ0v) is 20.7. The molecule has 176 valence electrons. The summed E-state index contributed by atoms with van der Waals surface area (Å²) in [4.78, 5) is 15.2. The van der Waals surface area contributed by atoms with E-state index in [1.165, 1.54) is 18.7 Å². The minimum absolute atomic E-state index is 0.151. The molecule has 1 fully saturated rings. The Kier molecular flexibility index (Phi) is 8.52. The van der Waals surface area contributed by atoms with Gasteiger partial charge in [0.1, 0.15) is 0 Å². The third kappa shape index (κ3) is 7.77. The van der Waals surface area contributed by atoms with Gasteiger partial charge >= 0.3 is 0 Å². The number of amides is 1. The molecule has 0 spiro atoms. The van der Waals surface area contributed by atoms with Crippen LogP contribution in [0.3, 0.4) is 0 Å². The number of aromatic nitrogens is 2. The molecule has 1 amide bonds. The molecule has 1 N–H and O–H groups in total. The highest BCUT2D eigenvalue weighted by atomic mass is 16.1. The number of benzene rings is 1. The molecule has 3 rings (SSSR count). The second-order valence-electron chi connectivity index (χ2n) is 11.0. The van der Waals surface area contributed by atoms with E-state index in [-0.39, 0.29) is 5.91 Å². The maximum atomic E-state index is 12.6. The summed E-state index contributed by atoms with van der Waals surface area (Å²) in [6.45, 7) is 15.3. The summed E-state index contributed by atoms with van der Waals surface area (Å²) in [7, 11) is 0. The number of hydrogen-bond donors (Lipinski definition) is 1. The van der Waals surface area contributed by atoms with E-state index in [0.717, 1.165) is 43.7 Å². The molecule has 1 aliphatic heterocycles. The van der Waals surface area contributed by atoms with Crippen LogP contribution in [0.2, 0.25) is 0 Å². The van der Waals surface area contributed by atoms with Gasteiger partial charge in [0.2, 0.25) is 5.91 Å². The fraction of sp³-hybridized carbons (Fsp3) is 0.630. The molecule has 0 bridgehead atoms. The second kappa shape index (κ2) is 11.1. The van der Waals surface area contributed by atoms with Crippen LogP contribution in [0.4, 0.5) is 0 Å². The number of rotatable bonds is 9. The third-order valence-electron chi connectivity index (χ3n) is 6.28. The Hall–Kier alpha value is -2.14. The Morgan fingerprint density at radius 1 is 1.16 bits per heavy atom. The molecule has 0 atom stereocenters. The maximum absolute atomic E-state index is 12.6. The summed E-state index contributed by atoms with van der Waals surface area (Å²) in [6, 6.07) is 12.4. The highest BCUT2D eigenvalue weighted by Gasteiger charge is 2.23. The van der Waals surface area contributed by atoms with E-state index in [1.807, 2.05) is 22.9 Å². The first-order valence-corrected chi connectivity index (χ1v) is 12.3. The summed E-state index contributed by atoms with van der Waals surface area (Å²) in [5, 5.41) is 7.92. The predicted molar refractivity (Wildman–Crippen MR) is 132 cm³/mol. The maximum Gasteiger partial charge on any atom is 0.220 e. The summed E-state index contributed by atoms with van der Waals surface area (Å²) >= 11 is 0. The third-order valence-corrected chi connectivity index (χ3v) is 6.28. The summed E-state index contributed by atoms with van der Waals surface area (Å²) in [5.41, 5.74) is 3.58. The van der Waals surface area contributed by atoms with E-state index >= 15 is 0 Å². The van der Waals surface area contributed by atoms with Gasteiger partial charge in [0, 0.05) is 12.1 Å². The van der Waals surface area contributed by atoms with E-state index in [9.17, 15) is 4.79 Å². The van der Waals surface area contributed by atoms with Crippen molar-refractivity contribution in [3.63, 3.8) is 0 Å². The van der Waals surface area contributed by atoms with Gasteiger partial charge in [-0.1, -0.05) is 52.8 Å². The normalized spacial score (nSPS) is 15.9. The topological polar surface area (TPSA) is 50.2 Å². The summed E-state index contributed by atoms with van der Waals surface area (Å²) in [5.74, 6) is 1.20. The zero-order valence-electron chi connectivity index (χ0n) is 20.7. The first kappa shape index (κ1) is 24.5. The van der Waals surface area contributed by atoms with Crippen LogP contribution in [-0.4, -0.2) is 40.2 Å². The van der Waals surface area contributed by atoms with Crippen molar-refractivity contribution in [3.8, 4) is 5.69 Å². The fourth-order valence-electron chi connectivity index (χ4n) is 4.35. The van der Waals surface area contributed by atoms with Gasteiger partial charge in [0.15, 0.2) is 0 Å². The lowest BCUT2D eigenvalue weighted by molar-refractivity contribution is -0.122. The standard InChI is InChI=1S/C27H42N4O/c1-21(2)17-25-19-23(29-31(25)24-9-7-6-8-10-24)20-28-26(32)18-22-11-14-30(15-12-22)16-13-27(3,4)5/h6-10,19,21-22H,11-18,20H2,1-5H3,(H,28,32). The summed E-state index contributed by atoms with van der Waals surface area (Å²) < 4.78 is 2.02. The van der Waals surface area contributed by atoms with Gasteiger partial charge in [-0.3, -0.25) is 4.79 Å². The van der Waals surface area contributed by atoms with Crippen LogP contribution in [0.1, 0.15) is 71.7 Å². The molecule has 5 heteroatoms. The van der Waals surface area contributed by atoms with E-state index in [1.54, 1.807) is 0 Å². The number of piperidine rings is 1. The number of carbonyl (C=O) groups is 1. The van der Waals surface area contributed by atoms with Crippen LogP contribution in [0.15, 0.2) is 36.4 Å². The van der Waals surface area contributed by atoms with Crippen molar-refractivity contribution in [1.82, 2.24) is 20.0 Å². The van der Waals surface area contributed by atoms with Gasteiger partial charge in [0.05, 0.1) is 17.9 Å². The minimum Gasteiger partial charge on any atom is -0.350 e. The van der Waals surface area contributed by atoms with Crippen molar-refractivity contribution in [2.45, 2.75) is 73.3 Å². The number of hydrogen-bond acceptors (Lipinski definition) is 3. The van der Waals surface area contributed by atoms with Crippen molar-refractivity contribution < 1.29 is 4.79 Å². The van der Waals surface area contributed by atoms with Gasteiger partial charge in [0.25, 0.3) is 0 Å². The van der Waals surface area contributed by atoms with E-state index in [0.29, 0.717) is 30.2 Å². The second-order valence-corrected chi connectivity index (χ2v) is 11.0. The molecule has 1 aromatic heterocycles. The first-order chi connectivity index (χ1) is 15.2. The van der Waals surface area contributed by atoms with Gasteiger partial charge < -0.3 is 10.2 Å². The molecular weight excluding hydrogens is 396 g/mol. The molecular formula is C27H42N4O. The molecule has 2 aromatic rings. The Morgan fingerprint density at radius 2 is 1.84 bits per heavy atom. The quantitative estimate of drug-likeness (QED) is 0.583. The smallest absolute Gasteiger partial charge is 0.220 e. The van der Waals surface area contributed by atoms with Gasteiger partial charge in [-0.15, -0.1) is 0 Å². The van der Waals surface area contributed by atoms with Crippen molar-refractivity contribution in [3.05, 3.63) is 47.8 Å². The van der Waals surface area contributed by atoms with Crippen molar-refractivity contribution in [2.75, 3.05) is 19.6 Å². The number of likely N-dealkylation sites (tertiary alicyclic amines) is 1. The largest absolute Gasteiger partial charge is 0.350 e. The van der Waals surface area contributed by atoms with E-state index in [2.05, 4.69) is 63.0 Å². The number of carbonyl (C=O) groups excluding carboxylic acids is 1. The van der Waals surface area contributed by atoms with Crippen LogP contribution in [0.25, 0.3) is 5.69 Å². The number of nitrogens with one attached hydrogen (secondary N) is 1. The van der Waals surface area contributed by atoms with Crippen LogP contribution in [0.5, 0.6) is 0 Å². The van der Waals surface area contributed by atoms with Crippen LogP contribution < -0.4 is 5.32 Å². The van der Waals surface area contributed by atoms with E-state index < -0.39 is 0 Å². The highest BCUT2D eigenvalue weighted by Crippen LogP contribution is 2.24. The van der Waals surface area contributed by atoms with E-state index in [4.69, 9.17) is 5.10 Å². The Bertz CT molecular complexity index is 842. The van der Waals surface area contributed by atoms with Crippen molar-refractivity contribution in [2.24, 2.45) is 17.3 Å². The minimum atomic E-state index is 0.151. The zero-order chi connectivity index (χ0) is 23.1. The highest BCUT2D eigenvalue weighted by molar-refractivity contribution is 5.76. The monoisotopic (exact) mass is 438 g/mol. The lowest BCUT2D eigenvalue weighted by atomic mass is 9.90. The molecule has 1 saturated heterocycles. The summed E-state index contributed by atoms with van der Waals surface area (Å²) in [6.07, 6.45) is 5.07. The molecule has 1 aliphatic rings. The molecule has 0 unspecified atom stereocenters. The Balaban J connectivity index is 1.48. The predicted octanol–water partition coefficient (Wildman–Crippen LogP) is 5.23. The lowest BCUT2D eigenvalue weighted by Crippen LogP contribution is -2.37. The van der Waals surface area contributed by atoms with Crippen LogP contribution >= 0.6 is 0 Å². The molecule has 32 heavy (non-hydrogen) atoms. The molecule has 0 saturated carbocycles. The van der Waals surface area contributed by atoms with Gasteiger partial charge in [-0.25, -0.2) is 4.68 Å². The molecule has 0 radical (unpaired) electrons. The van der Waals surface area contributed by atoms with Crippen LogP contribution in [0, 0.1) is 17.3 Å². The average molecular weight is 439 g/mol. The Morgan fingerprint density at radius 3 is 2.47 bits per heavy atom. The first-order valence-electron chi connectivity index (χ1n) is 12.3. The SMILES string of the molecule is CC(C)Cc1cc(CNC(=O)CC2CCN(CCC(C)(C)C)CC2)nn1-c1ccccc1. The average Bonchev–Trinajstić information content (AvgIpc) is 3.14. The lowest BCUT2D eigenvalue weighted by Gasteiger charge is -2.33. The van der Waals surface area contributed by atoms with Crippen molar-refractivity contribution in [1.29, 1.82) is 0 Å². The molecule has 1 aromatic carbocycles. The van der Waals surface area contributed by atoms with Crippen LogP contribution in [-0.2, 0) is 17.8 Å². The van der Waals surface area contributed by atoms with Crippen molar-refractivity contribution >= 4 is 5.91 Å².